The van der Waals surface area contributed by atoms with Crippen LogP contribution in [0.1, 0.15) is 40.0 Å². The minimum atomic E-state index is -4.09. The average Bonchev–Trinajstić information content (AvgIpc) is 2.89. The van der Waals surface area contributed by atoms with Crippen molar-refractivity contribution in [3.8, 4) is 0 Å². The van der Waals surface area contributed by atoms with Gasteiger partial charge in [0.2, 0.25) is 10.0 Å². The van der Waals surface area contributed by atoms with Gasteiger partial charge in [-0.15, -0.1) is 0 Å². The highest BCUT2D eigenvalue weighted by atomic mass is 35.5. The number of halogens is 2. The van der Waals surface area contributed by atoms with E-state index in [4.69, 9.17) is 21.5 Å². The molecular formula is C20H18ClFN2O6S. The van der Waals surface area contributed by atoms with E-state index in [1.807, 2.05) is 0 Å². The van der Waals surface area contributed by atoms with Gasteiger partial charge in [0.05, 0.1) is 15.5 Å². The van der Waals surface area contributed by atoms with Gasteiger partial charge in [0, 0.05) is 12.1 Å². The highest BCUT2D eigenvalue weighted by molar-refractivity contribution is 7.89. The highest BCUT2D eigenvalue weighted by Gasteiger charge is 2.34. The lowest BCUT2D eigenvalue weighted by Gasteiger charge is -2.23. The lowest BCUT2D eigenvalue weighted by atomic mass is 10.1. The van der Waals surface area contributed by atoms with Crippen molar-refractivity contribution in [2.45, 2.75) is 30.3 Å². The number of nitrogens with two attached hydrogens (primary N) is 1. The molecule has 8 nitrogen and oxygen atoms in total. The summed E-state index contributed by atoms with van der Waals surface area (Å²) in [4.78, 5) is 38.9. The quantitative estimate of drug-likeness (QED) is 0.543. The van der Waals surface area contributed by atoms with Crippen LogP contribution < -0.4 is 5.14 Å². The minimum Gasteiger partial charge on any atom is -0.449 e. The van der Waals surface area contributed by atoms with Crippen molar-refractivity contribution in [2.24, 2.45) is 5.14 Å². The van der Waals surface area contributed by atoms with Crippen LogP contribution in [0.25, 0.3) is 0 Å². The average molecular weight is 469 g/mol. The van der Waals surface area contributed by atoms with Crippen LogP contribution in [0.15, 0.2) is 47.4 Å². The third kappa shape index (κ3) is 5.27. The van der Waals surface area contributed by atoms with Gasteiger partial charge < -0.3 is 4.74 Å². The van der Waals surface area contributed by atoms with Gasteiger partial charge in [-0.25, -0.2) is 22.7 Å². The summed E-state index contributed by atoms with van der Waals surface area (Å²) < 4.78 is 41.5. The van der Waals surface area contributed by atoms with Crippen LogP contribution >= 0.6 is 11.6 Å². The fourth-order valence-electron chi connectivity index (χ4n) is 3.10. The molecule has 0 bridgehead atoms. The van der Waals surface area contributed by atoms with Crippen LogP contribution in [0.2, 0.25) is 5.02 Å². The second kappa shape index (κ2) is 9.13. The molecule has 3 rings (SSSR count). The van der Waals surface area contributed by atoms with Gasteiger partial charge in [-0.1, -0.05) is 11.6 Å². The number of hydrogen-bond acceptors (Lipinski definition) is 6. The molecule has 164 valence electrons. The Balaban J connectivity index is 1.82. The van der Waals surface area contributed by atoms with Gasteiger partial charge in [-0.3, -0.25) is 14.5 Å². The molecule has 1 aliphatic rings. The van der Waals surface area contributed by atoms with E-state index in [0.29, 0.717) is 12.8 Å². The third-order valence-electron chi connectivity index (χ3n) is 4.71. The molecule has 0 aromatic heterocycles. The first-order chi connectivity index (χ1) is 14.6. The molecule has 1 atom stereocenters. The molecule has 1 fully saturated rings. The Kier molecular flexibility index (Phi) is 6.73. The first-order valence-corrected chi connectivity index (χ1v) is 11.1. The molecule has 2 aromatic rings. The van der Waals surface area contributed by atoms with E-state index in [0.717, 1.165) is 29.2 Å². The minimum absolute atomic E-state index is 0.0854. The normalized spacial score (nSPS) is 17.2. The zero-order chi connectivity index (χ0) is 22.8. The van der Waals surface area contributed by atoms with Crippen molar-refractivity contribution >= 4 is 39.4 Å². The number of rotatable bonds is 4. The standard InChI is InChI=1S/C20H18ClFN2O6S/c21-16-9-8-14(31(23,28)29)11-15(16)20(27)30-17-3-1-2-10-24(19(17)26)18(25)12-4-6-13(22)7-5-12/h4-9,11,17H,1-3,10H2,(H2,23,28,29). The zero-order valence-corrected chi connectivity index (χ0v) is 17.7. The molecule has 1 saturated heterocycles. The molecule has 31 heavy (non-hydrogen) atoms. The number of benzene rings is 2. The lowest BCUT2D eigenvalue weighted by molar-refractivity contribution is -0.137. The summed E-state index contributed by atoms with van der Waals surface area (Å²) in [5.41, 5.74) is -0.160. The van der Waals surface area contributed by atoms with Gasteiger partial charge in [0.15, 0.2) is 6.10 Å². The van der Waals surface area contributed by atoms with Crippen LogP contribution in [-0.4, -0.2) is 43.8 Å². The molecule has 0 saturated carbocycles. The first-order valence-electron chi connectivity index (χ1n) is 9.22. The van der Waals surface area contributed by atoms with Gasteiger partial charge >= 0.3 is 5.97 Å². The summed E-state index contributed by atoms with van der Waals surface area (Å²) >= 11 is 5.98. The van der Waals surface area contributed by atoms with E-state index in [2.05, 4.69) is 0 Å². The number of sulfonamides is 1. The molecule has 11 heteroatoms. The Morgan fingerprint density at radius 3 is 2.45 bits per heavy atom. The van der Waals surface area contributed by atoms with Crippen molar-refractivity contribution in [3.63, 3.8) is 0 Å². The van der Waals surface area contributed by atoms with E-state index in [1.54, 1.807) is 0 Å². The molecule has 1 heterocycles. The number of amides is 2. The number of ether oxygens (including phenoxy) is 1. The fourth-order valence-corrected chi connectivity index (χ4v) is 3.83. The van der Waals surface area contributed by atoms with E-state index in [1.165, 1.54) is 18.2 Å². The molecule has 1 aliphatic heterocycles. The van der Waals surface area contributed by atoms with E-state index < -0.39 is 39.7 Å². The third-order valence-corrected chi connectivity index (χ3v) is 5.95. The van der Waals surface area contributed by atoms with Crippen molar-refractivity contribution < 1.29 is 31.9 Å². The van der Waals surface area contributed by atoms with Gasteiger partial charge in [0.25, 0.3) is 11.8 Å². The predicted molar refractivity (Wildman–Crippen MR) is 108 cm³/mol. The summed E-state index contributed by atoms with van der Waals surface area (Å²) in [6.45, 7) is 0.116. The molecule has 0 aliphatic carbocycles. The Bertz CT molecular complexity index is 1140. The Morgan fingerprint density at radius 2 is 1.81 bits per heavy atom. The predicted octanol–water partition coefficient (Wildman–Crippen LogP) is 2.50. The number of esters is 1. The van der Waals surface area contributed by atoms with Gasteiger partial charge in [-0.2, -0.15) is 0 Å². The van der Waals surface area contributed by atoms with E-state index in [-0.39, 0.29) is 34.0 Å². The number of imide groups is 1. The van der Waals surface area contributed by atoms with Crippen LogP contribution in [0.4, 0.5) is 4.39 Å². The molecule has 0 radical (unpaired) electrons. The van der Waals surface area contributed by atoms with Crippen molar-refractivity contribution in [1.29, 1.82) is 0 Å². The number of carbonyl (C=O) groups excluding carboxylic acids is 3. The number of hydrogen-bond donors (Lipinski definition) is 1. The maximum atomic E-state index is 13.1. The number of likely N-dealkylation sites (tertiary alicyclic amines) is 1. The maximum absolute atomic E-state index is 13.1. The second-order valence-corrected chi connectivity index (χ2v) is 8.85. The summed E-state index contributed by atoms with van der Waals surface area (Å²) in [7, 11) is -4.09. The number of nitrogens with zero attached hydrogens (tertiary/aromatic N) is 1. The van der Waals surface area contributed by atoms with Crippen LogP contribution in [0.5, 0.6) is 0 Å². The molecule has 2 N–H and O–H groups in total. The first kappa shape index (κ1) is 22.9. The van der Waals surface area contributed by atoms with Crippen LogP contribution in [0, 0.1) is 5.82 Å². The summed E-state index contributed by atoms with van der Waals surface area (Å²) in [5.74, 6) is -2.91. The largest absolute Gasteiger partial charge is 0.449 e. The van der Waals surface area contributed by atoms with Crippen LogP contribution in [0.3, 0.4) is 0 Å². The molecule has 0 spiro atoms. The topological polar surface area (TPSA) is 124 Å². The van der Waals surface area contributed by atoms with E-state index >= 15 is 0 Å². The Morgan fingerprint density at radius 1 is 1.13 bits per heavy atom. The lowest BCUT2D eigenvalue weighted by Crippen LogP contribution is -2.43. The fraction of sp³-hybridized carbons (Fsp3) is 0.250. The molecular weight excluding hydrogens is 451 g/mol. The molecule has 2 aromatic carbocycles. The monoisotopic (exact) mass is 468 g/mol. The van der Waals surface area contributed by atoms with Crippen molar-refractivity contribution in [2.75, 3.05) is 6.54 Å². The zero-order valence-electron chi connectivity index (χ0n) is 16.1. The summed E-state index contributed by atoms with van der Waals surface area (Å²) in [6.07, 6.45) is -0.103. The SMILES string of the molecule is NS(=O)(=O)c1ccc(Cl)c(C(=O)OC2CCCCN(C(=O)c3ccc(F)cc3)C2=O)c1. The Hall–Kier alpha value is -2.82. The van der Waals surface area contributed by atoms with Crippen molar-refractivity contribution in [3.05, 3.63) is 64.4 Å². The summed E-state index contributed by atoms with van der Waals surface area (Å²) in [5, 5.41) is 4.99. The van der Waals surface area contributed by atoms with Crippen molar-refractivity contribution in [1.82, 2.24) is 4.90 Å². The van der Waals surface area contributed by atoms with Gasteiger partial charge in [-0.05, 0) is 61.7 Å². The summed E-state index contributed by atoms with van der Waals surface area (Å²) in [6, 6.07) is 8.00. The molecule has 1 unspecified atom stereocenters. The Labute approximate surface area is 182 Å². The van der Waals surface area contributed by atoms with Crippen LogP contribution in [-0.2, 0) is 19.6 Å². The van der Waals surface area contributed by atoms with E-state index in [9.17, 15) is 27.2 Å². The van der Waals surface area contributed by atoms with Gasteiger partial charge in [0.1, 0.15) is 5.82 Å². The smallest absolute Gasteiger partial charge is 0.340 e. The number of carbonyl (C=O) groups is 3. The number of primary sulfonamides is 1. The second-order valence-electron chi connectivity index (χ2n) is 6.88. The highest BCUT2D eigenvalue weighted by Crippen LogP contribution is 2.24. The molecule has 2 amide bonds. The maximum Gasteiger partial charge on any atom is 0.340 e.